The Hall–Kier alpha value is -1.90. The van der Waals surface area contributed by atoms with Gasteiger partial charge in [-0.05, 0) is 11.6 Å². The van der Waals surface area contributed by atoms with Crippen molar-refractivity contribution in [3.8, 4) is 0 Å². The molecule has 1 N–H and O–H groups in total. The van der Waals surface area contributed by atoms with E-state index in [-0.39, 0.29) is 5.71 Å². The molecule has 0 fully saturated rings. The SMILES string of the molecule is O=C(O)C1=NC2=CC=CC=CC2=CC1. The molecule has 14 heavy (non-hydrogen) atoms. The van der Waals surface area contributed by atoms with Crippen LogP contribution in [0.3, 0.4) is 0 Å². The van der Waals surface area contributed by atoms with Gasteiger partial charge in [0.2, 0.25) is 0 Å². The van der Waals surface area contributed by atoms with Gasteiger partial charge in [0.1, 0.15) is 5.71 Å². The molecule has 0 spiro atoms. The highest BCUT2D eigenvalue weighted by Gasteiger charge is 2.15. The molecule has 3 heteroatoms. The quantitative estimate of drug-likeness (QED) is 0.681. The average molecular weight is 187 g/mol. The molecule has 0 bridgehead atoms. The number of carbonyl (C=O) groups is 1. The summed E-state index contributed by atoms with van der Waals surface area (Å²) >= 11 is 0. The molecule has 0 saturated carbocycles. The number of allylic oxidation sites excluding steroid dienone is 6. The molecule has 0 unspecified atom stereocenters. The molecule has 3 nitrogen and oxygen atoms in total. The fourth-order valence-electron chi connectivity index (χ4n) is 1.36. The third-order valence-corrected chi connectivity index (χ3v) is 2.07. The predicted molar refractivity (Wildman–Crippen MR) is 54.1 cm³/mol. The van der Waals surface area contributed by atoms with Crippen molar-refractivity contribution < 1.29 is 9.90 Å². The maximum Gasteiger partial charge on any atom is 0.350 e. The molecule has 2 rings (SSSR count). The monoisotopic (exact) mass is 187 g/mol. The second kappa shape index (κ2) is 3.46. The molecule has 0 aromatic heterocycles. The minimum atomic E-state index is -0.946. The van der Waals surface area contributed by atoms with Crippen molar-refractivity contribution in [1.29, 1.82) is 0 Å². The first-order chi connectivity index (χ1) is 6.77. The lowest BCUT2D eigenvalue weighted by Gasteiger charge is -2.09. The van der Waals surface area contributed by atoms with Crippen molar-refractivity contribution in [3.05, 3.63) is 47.7 Å². The van der Waals surface area contributed by atoms with E-state index in [1.54, 1.807) is 0 Å². The van der Waals surface area contributed by atoms with Crippen molar-refractivity contribution in [3.63, 3.8) is 0 Å². The summed E-state index contributed by atoms with van der Waals surface area (Å²) in [6.45, 7) is 0. The number of nitrogens with zero attached hydrogens (tertiary/aromatic N) is 1. The molecule has 0 aromatic rings. The summed E-state index contributed by atoms with van der Waals surface area (Å²) in [5, 5.41) is 8.78. The minimum Gasteiger partial charge on any atom is -0.477 e. The van der Waals surface area contributed by atoms with Crippen LogP contribution < -0.4 is 0 Å². The third kappa shape index (κ3) is 1.57. The predicted octanol–water partition coefficient (Wildman–Crippen LogP) is 1.85. The summed E-state index contributed by atoms with van der Waals surface area (Å²) in [5.41, 5.74) is 1.90. The van der Waals surface area contributed by atoms with Crippen molar-refractivity contribution in [1.82, 2.24) is 0 Å². The van der Waals surface area contributed by atoms with E-state index in [2.05, 4.69) is 4.99 Å². The molecule has 0 atom stereocenters. The van der Waals surface area contributed by atoms with Crippen LogP contribution in [-0.4, -0.2) is 16.8 Å². The second-order valence-corrected chi connectivity index (χ2v) is 3.02. The van der Waals surface area contributed by atoms with Gasteiger partial charge in [-0.2, -0.15) is 0 Å². The van der Waals surface area contributed by atoms with Gasteiger partial charge in [-0.15, -0.1) is 0 Å². The van der Waals surface area contributed by atoms with Gasteiger partial charge in [0.15, 0.2) is 0 Å². The average Bonchev–Trinajstić information content (AvgIpc) is 2.41. The lowest BCUT2D eigenvalue weighted by Crippen LogP contribution is -2.15. The van der Waals surface area contributed by atoms with Crippen LogP contribution in [0.5, 0.6) is 0 Å². The van der Waals surface area contributed by atoms with E-state index in [0.29, 0.717) is 6.42 Å². The van der Waals surface area contributed by atoms with Crippen molar-refractivity contribution in [2.24, 2.45) is 4.99 Å². The van der Waals surface area contributed by atoms with Gasteiger partial charge in [0.25, 0.3) is 0 Å². The normalized spacial score (nSPS) is 19.0. The van der Waals surface area contributed by atoms with Crippen LogP contribution in [-0.2, 0) is 4.79 Å². The molecule has 0 amide bonds. The molecule has 1 heterocycles. The van der Waals surface area contributed by atoms with Gasteiger partial charge in [-0.25, -0.2) is 9.79 Å². The Labute approximate surface area is 81.5 Å². The Morgan fingerprint density at radius 2 is 2.21 bits per heavy atom. The number of aliphatic imine (C=N–C) groups is 1. The molecule has 1 aliphatic carbocycles. The van der Waals surface area contributed by atoms with Crippen LogP contribution >= 0.6 is 0 Å². The van der Waals surface area contributed by atoms with E-state index in [4.69, 9.17) is 5.11 Å². The zero-order valence-electron chi connectivity index (χ0n) is 7.47. The summed E-state index contributed by atoms with van der Waals surface area (Å²) in [6.07, 6.45) is 11.7. The number of hydrogen-bond donors (Lipinski definition) is 1. The Bertz CT molecular complexity index is 423. The Morgan fingerprint density at radius 3 is 3.00 bits per heavy atom. The first-order valence-corrected chi connectivity index (χ1v) is 4.34. The van der Waals surface area contributed by atoms with Crippen LogP contribution in [0.2, 0.25) is 0 Å². The van der Waals surface area contributed by atoms with Gasteiger partial charge in [-0.1, -0.05) is 30.4 Å². The van der Waals surface area contributed by atoms with E-state index < -0.39 is 5.97 Å². The van der Waals surface area contributed by atoms with Gasteiger partial charge < -0.3 is 5.11 Å². The van der Waals surface area contributed by atoms with Crippen LogP contribution in [0.15, 0.2) is 52.7 Å². The largest absolute Gasteiger partial charge is 0.477 e. The first kappa shape index (κ1) is 8.69. The lowest BCUT2D eigenvalue weighted by atomic mass is 10.1. The highest BCUT2D eigenvalue weighted by molar-refractivity contribution is 6.36. The number of rotatable bonds is 1. The Balaban J connectivity index is 2.38. The summed E-state index contributed by atoms with van der Waals surface area (Å²) in [4.78, 5) is 14.8. The number of fused-ring (bicyclic) bond motifs is 1. The van der Waals surface area contributed by atoms with Crippen molar-refractivity contribution in [2.45, 2.75) is 6.42 Å². The molecule has 1 aliphatic heterocycles. The van der Waals surface area contributed by atoms with E-state index in [0.717, 1.165) is 11.3 Å². The Morgan fingerprint density at radius 1 is 1.36 bits per heavy atom. The van der Waals surface area contributed by atoms with Gasteiger partial charge >= 0.3 is 5.97 Å². The molecule has 0 aromatic carbocycles. The highest BCUT2D eigenvalue weighted by Crippen LogP contribution is 2.21. The van der Waals surface area contributed by atoms with Crippen LogP contribution in [0.4, 0.5) is 0 Å². The molecular weight excluding hydrogens is 178 g/mol. The minimum absolute atomic E-state index is 0.198. The fraction of sp³-hybridized carbons (Fsp3) is 0.0909. The van der Waals surface area contributed by atoms with E-state index in [9.17, 15) is 4.79 Å². The number of carboxylic acid groups (broad SMARTS) is 1. The summed E-state index contributed by atoms with van der Waals surface area (Å²) in [6, 6.07) is 0. The highest BCUT2D eigenvalue weighted by atomic mass is 16.4. The van der Waals surface area contributed by atoms with E-state index in [1.807, 2.05) is 36.5 Å². The van der Waals surface area contributed by atoms with E-state index in [1.165, 1.54) is 0 Å². The molecule has 2 aliphatic rings. The lowest BCUT2D eigenvalue weighted by molar-refractivity contribution is -0.129. The Kier molecular flexibility index (Phi) is 2.14. The summed E-state index contributed by atoms with van der Waals surface area (Å²) in [7, 11) is 0. The van der Waals surface area contributed by atoms with Crippen LogP contribution in [0, 0.1) is 0 Å². The number of dihydropyridines is 1. The first-order valence-electron chi connectivity index (χ1n) is 4.34. The number of carboxylic acids is 1. The van der Waals surface area contributed by atoms with Gasteiger partial charge in [0, 0.05) is 6.42 Å². The molecular formula is C11H9NO2. The second-order valence-electron chi connectivity index (χ2n) is 3.02. The molecule has 0 radical (unpaired) electrons. The van der Waals surface area contributed by atoms with Crippen LogP contribution in [0.25, 0.3) is 0 Å². The van der Waals surface area contributed by atoms with Crippen LogP contribution in [0.1, 0.15) is 6.42 Å². The third-order valence-electron chi connectivity index (χ3n) is 2.07. The maximum atomic E-state index is 10.7. The fourth-order valence-corrected chi connectivity index (χ4v) is 1.36. The summed E-state index contributed by atoms with van der Waals surface area (Å²) in [5.74, 6) is -0.946. The van der Waals surface area contributed by atoms with Gasteiger partial charge in [-0.3, -0.25) is 0 Å². The standard InChI is InChI=1S/C11H9NO2/c13-11(14)10-7-6-8-4-2-1-3-5-9(8)12-10/h1-6H,7H2,(H,13,14). The zero-order chi connectivity index (χ0) is 9.97. The van der Waals surface area contributed by atoms with Crippen molar-refractivity contribution >= 4 is 11.7 Å². The van der Waals surface area contributed by atoms with E-state index >= 15 is 0 Å². The molecule has 70 valence electrons. The number of hydrogen-bond acceptors (Lipinski definition) is 2. The van der Waals surface area contributed by atoms with Crippen molar-refractivity contribution in [2.75, 3.05) is 0 Å². The summed E-state index contributed by atoms with van der Waals surface area (Å²) < 4.78 is 0. The maximum absolute atomic E-state index is 10.7. The molecule has 0 saturated heterocycles. The smallest absolute Gasteiger partial charge is 0.350 e. The topological polar surface area (TPSA) is 49.7 Å². The zero-order valence-corrected chi connectivity index (χ0v) is 7.47. The van der Waals surface area contributed by atoms with Gasteiger partial charge in [0.05, 0.1) is 5.70 Å². The number of aliphatic carboxylic acids is 1.